The van der Waals surface area contributed by atoms with Gasteiger partial charge in [0.25, 0.3) is 0 Å². The van der Waals surface area contributed by atoms with Crippen molar-refractivity contribution in [2.45, 2.75) is 44.9 Å². The van der Waals surface area contributed by atoms with Crippen LogP contribution in [0.5, 0.6) is 0 Å². The Labute approximate surface area is 116 Å². The Morgan fingerprint density at radius 1 is 1.11 bits per heavy atom. The number of nitrogens with zero attached hydrogens (tertiary/aromatic N) is 2. The van der Waals surface area contributed by atoms with Gasteiger partial charge in [-0.15, -0.1) is 11.3 Å². The summed E-state index contributed by atoms with van der Waals surface area (Å²) in [5.74, 6) is 0.293. The molecule has 98 valence electrons. The normalized spacial score (nSPS) is 18.2. The molecule has 0 amide bonds. The van der Waals surface area contributed by atoms with E-state index in [9.17, 15) is 4.79 Å². The Hall–Kier alpha value is -1.42. The van der Waals surface area contributed by atoms with Crippen molar-refractivity contribution in [1.29, 1.82) is 0 Å². The lowest BCUT2D eigenvalue weighted by Crippen LogP contribution is -2.12. The number of rotatable bonds is 1. The summed E-state index contributed by atoms with van der Waals surface area (Å²) in [6, 6.07) is 1.97. The van der Waals surface area contributed by atoms with Crippen LogP contribution in [0.25, 0.3) is 5.13 Å². The maximum atomic E-state index is 11.9. The van der Waals surface area contributed by atoms with Crippen molar-refractivity contribution in [3.05, 3.63) is 34.1 Å². The first-order valence-corrected chi connectivity index (χ1v) is 7.87. The minimum Gasteiger partial charge on any atom is -0.296 e. The molecule has 0 saturated heterocycles. The molecular formula is C15H16N2OS. The molecule has 4 heteroatoms. The van der Waals surface area contributed by atoms with E-state index in [2.05, 4.69) is 4.57 Å². The standard InChI is InChI=1S/C15H16N2OS/c18-13-6-3-5-12-10(13)8-9-17(12)15-16-11-4-1-2-7-14(11)19-15/h8-9H,1-7H2. The van der Waals surface area contributed by atoms with E-state index in [0.29, 0.717) is 12.2 Å². The smallest absolute Gasteiger partial charge is 0.194 e. The predicted molar refractivity (Wildman–Crippen MR) is 75.4 cm³/mol. The molecule has 0 bridgehead atoms. The average Bonchev–Trinajstić information content (AvgIpc) is 3.02. The topological polar surface area (TPSA) is 34.9 Å². The third-order valence-corrected chi connectivity index (χ3v) is 5.31. The Kier molecular flexibility index (Phi) is 2.58. The van der Waals surface area contributed by atoms with E-state index in [4.69, 9.17) is 4.98 Å². The van der Waals surface area contributed by atoms with Gasteiger partial charge in [-0.05, 0) is 44.6 Å². The van der Waals surface area contributed by atoms with Gasteiger partial charge in [0.1, 0.15) is 0 Å². The first-order chi connectivity index (χ1) is 9.33. The van der Waals surface area contributed by atoms with Gasteiger partial charge in [0, 0.05) is 28.8 Å². The number of carbonyl (C=O) groups excluding carboxylic acids is 1. The van der Waals surface area contributed by atoms with Crippen LogP contribution in [0.3, 0.4) is 0 Å². The summed E-state index contributed by atoms with van der Waals surface area (Å²) in [6.45, 7) is 0. The largest absolute Gasteiger partial charge is 0.296 e. The zero-order valence-electron chi connectivity index (χ0n) is 10.8. The molecule has 4 rings (SSSR count). The van der Waals surface area contributed by atoms with E-state index < -0.39 is 0 Å². The Morgan fingerprint density at radius 3 is 2.89 bits per heavy atom. The maximum Gasteiger partial charge on any atom is 0.194 e. The molecule has 0 radical (unpaired) electrons. The van der Waals surface area contributed by atoms with E-state index in [0.717, 1.165) is 30.0 Å². The number of hydrogen-bond acceptors (Lipinski definition) is 3. The Balaban J connectivity index is 1.80. The summed E-state index contributed by atoms with van der Waals surface area (Å²) in [6.07, 6.45) is 9.54. The van der Waals surface area contributed by atoms with Gasteiger partial charge in [0.05, 0.1) is 5.69 Å². The quantitative estimate of drug-likeness (QED) is 0.798. The zero-order chi connectivity index (χ0) is 12.8. The molecule has 0 aromatic carbocycles. The van der Waals surface area contributed by atoms with Gasteiger partial charge in [-0.25, -0.2) is 4.98 Å². The summed E-state index contributed by atoms with van der Waals surface area (Å²) in [5.41, 5.74) is 3.37. The van der Waals surface area contributed by atoms with Gasteiger partial charge >= 0.3 is 0 Å². The van der Waals surface area contributed by atoms with E-state index >= 15 is 0 Å². The third kappa shape index (κ3) is 1.77. The lowest BCUT2D eigenvalue weighted by molar-refractivity contribution is 0.0972. The van der Waals surface area contributed by atoms with Crippen LogP contribution in [0.4, 0.5) is 0 Å². The number of hydrogen-bond donors (Lipinski definition) is 0. The van der Waals surface area contributed by atoms with Gasteiger partial charge in [-0.3, -0.25) is 9.36 Å². The van der Waals surface area contributed by atoms with Crippen molar-refractivity contribution in [2.24, 2.45) is 0 Å². The van der Waals surface area contributed by atoms with Gasteiger partial charge < -0.3 is 0 Å². The van der Waals surface area contributed by atoms with Crippen molar-refractivity contribution in [3.8, 4) is 5.13 Å². The van der Waals surface area contributed by atoms with Crippen LogP contribution in [-0.2, 0) is 19.3 Å². The molecule has 2 aliphatic rings. The third-order valence-electron chi connectivity index (χ3n) is 4.15. The summed E-state index contributed by atoms with van der Waals surface area (Å²) < 4.78 is 2.15. The summed E-state index contributed by atoms with van der Waals surface area (Å²) in [4.78, 5) is 18.1. The van der Waals surface area contributed by atoms with Crippen LogP contribution in [0.1, 0.15) is 52.3 Å². The highest BCUT2D eigenvalue weighted by Gasteiger charge is 2.23. The molecule has 0 spiro atoms. The second-order valence-corrected chi connectivity index (χ2v) is 6.46. The second kappa shape index (κ2) is 4.30. The van der Waals surface area contributed by atoms with Crippen LogP contribution in [0, 0.1) is 0 Å². The van der Waals surface area contributed by atoms with E-state index in [-0.39, 0.29) is 0 Å². The Morgan fingerprint density at radius 2 is 2.00 bits per heavy atom. The van der Waals surface area contributed by atoms with Crippen molar-refractivity contribution < 1.29 is 4.79 Å². The number of fused-ring (bicyclic) bond motifs is 2. The monoisotopic (exact) mass is 272 g/mol. The van der Waals surface area contributed by atoms with Gasteiger partial charge in [0.15, 0.2) is 10.9 Å². The SMILES string of the molecule is O=C1CCCc2c1ccn2-c1nc2c(s1)CCCC2. The number of Topliss-reactive ketones (excluding diaryl/α,β-unsaturated/α-hetero) is 1. The van der Waals surface area contributed by atoms with Crippen molar-refractivity contribution in [1.82, 2.24) is 9.55 Å². The highest BCUT2D eigenvalue weighted by atomic mass is 32.1. The van der Waals surface area contributed by atoms with Gasteiger partial charge in [-0.2, -0.15) is 0 Å². The number of ketones is 1. The van der Waals surface area contributed by atoms with Crippen LogP contribution < -0.4 is 0 Å². The molecule has 0 unspecified atom stereocenters. The minimum absolute atomic E-state index is 0.293. The van der Waals surface area contributed by atoms with Gasteiger partial charge in [-0.1, -0.05) is 0 Å². The lowest BCUT2D eigenvalue weighted by atomic mass is 9.97. The molecule has 19 heavy (non-hydrogen) atoms. The number of aromatic nitrogens is 2. The molecule has 2 heterocycles. The number of aryl methyl sites for hydroxylation is 2. The molecule has 0 aliphatic heterocycles. The first-order valence-electron chi connectivity index (χ1n) is 7.05. The van der Waals surface area contributed by atoms with Crippen molar-refractivity contribution in [3.63, 3.8) is 0 Å². The first kappa shape index (κ1) is 11.4. The average molecular weight is 272 g/mol. The van der Waals surface area contributed by atoms with E-state index in [1.165, 1.54) is 35.5 Å². The Bertz CT molecular complexity index is 630. The highest BCUT2D eigenvalue weighted by molar-refractivity contribution is 7.14. The number of thiazole rings is 1. The zero-order valence-corrected chi connectivity index (χ0v) is 11.6. The fraction of sp³-hybridized carbons (Fsp3) is 0.467. The van der Waals surface area contributed by atoms with Crippen LogP contribution in [0.15, 0.2) is 12.3 Å². The highest BCUT2D eigenvalue weighted by Crippen LogP contribution is 2.32. The lowest BCUT2D eigenvalue weighted by Gasteiger charge is -2.13. The fourth-order valence-corrected chi connectivity index (χ4v) is 4.30. The molecular weight excluding hydrogens is 256 g/mol. The van der Waals surface area contributed by atoms with Crippen molar-refractivity contribution in [2.75, 3.05) is 0 Å². The molecule has 2 aromatic heterocycles. The van der Waals surface area contributed by atoms with Crippen molar-refractivity contribution >= 4 is 17.1 Å². The minimum atomic E-state index is 0.293. The number of carbonyl (C=O) groups is 1. The van der Waals surface area contributed by atoms with Gasteiger partial charge in [0.2, 0.25) is 0 Å². The molecule has 0 saturated carbocycles. The van der Waals surface area contributed by atoms with Crippen LogP contribution in [0.2, 0.25) is 0 Å². The second-order valence-electron chi connectivity index (χ2n) is 5.40. The molecule has 0 N–H and O–H groups in total. The molecule has 2 aromatic rings. The maximum absolute atomic E-state index is 11.9. The van der Waals surface area contributed by atoms with E-state index in [1.54, 1.807) is 0 Å². The van der Waals surface area contributed by atoms with Crippen LogP contribution >= 0.6 is 11.3 Å². The van der Waals surface area contributed by atoms with E-state index in [1.807, 2.05) is 23.6 Å². The summed E-state index contributed by atoms with van der Waals surface area (Å²) in [7, 11) is 0. The summed E-state index contributed by atoms with van der Waals surface area (Å²) in [5, 5.41) is 1.06. The summed E-state index contributed by atoms with van der Waals surface area (Å²) >= 11 is 1.81. The molecule has 0 atom stereocenters. The van der Waals surface area contributed by atoms with Crippen LogP contribution in [-0.4, -0.2) is 15.3 Å². The predicted octanol–water partition coefficient (Wildman–Crippen LogP) is 3.33. The molecule has 0 fully saturated rings. The molecule has 3 nitrogen and oxygen atoms in total. The fourth-order valence-electron chi connectivity index (χ4n) is 3.15. The molecule has 2 aliphatic carbocycles.